The lowest BCUT2D eigenvalue weighted by Crippen LogP contribution is -2.12. The molecule has 3 nitrogen and oxygen atoms in total. The van der Waals surface area contributed by atoms with Gasteiger partial charge < -0.3 is 5.32 Å². The predicted octanol–water partition coefficient (Wildman–Crippen LogP) is 4.51. The average molecular weight is 302 g/mol. The van der Waals surface area contributed by atoms with Crippen molar-refractivity contribution in [1.82, 2.24) is 9.97 Å². The largest absolute Gasteiger partial charge is 0.451 e. The highest BCUT2D eigenvalue weighted by molar-refractivity contribution is 6.29. The monoisotopic (exact) mass is 301 g/mol. The third kappa shape index (κ3) is 3.19. The third-order valence-electron chi connectivity index (χ3n) is 2.82. The van der Waals surface area contributed by atoms with Crippen LogP contribution in [0, 0.1) is 13.8 Å². The summed E-state index contributed by atoms with van der Waals surface area (Å²) < 4.78 is 37.9. The van der Waals surface area contributed by atoms with Crippen molar-refractivity contribution >= 4 is 23.1 Å². The van der Waals surface area contributed by atoms with Gasteiger partial charge in [-0.2, -0.15) is 13.2 Å². The quantitative estimate of drug-likeness (QED) is 0.829. The lowest BCUT2D eigenvalue weighted by molar-refractivity contribution is -0.144. The maximum atomic E-state index is 12.6. The van der Waals surface area contributed by atoms with E-state index in [1.165, 1.54) is 6.07 Å². The zero-order valence-electron chi connectivity index (χ0n) is 10.7. The molecule has 0 unspecified atom stereocenters. The molecule has 0 radical (unpaired) electrons. The average Bonchev–Trinajstić information content (AvgIpc) is 2.33. The van der Waals surface area contributed by atoms with E-state index in [1.54, 1.807) is 12.1 Å². The Balaban J connectivity index is 2.39. The number of rotatable bonds is 2. The minimum absolute atomic E-state index is 0.00558. The summed E-state index contributed by atoms with van der Waals surface area (Å²) in [6.07, 6.45) is -4.64. The highest BCUT2D eigenvalue weighted by Crippen LogP contribution is 2.29. The lowest BCUT2D eigenvalue weighted by Gasteiger charge is -2.12. The van der Waals surface area contributed by atoms with Crippen molar-refractivity contribution in [3.8, 4) is 0 Å². The highest BCUT2D eigenvalue weighted by Gasteiger charge is 2.35. The van der Waals surface area contributed by atoms with Gasteiger partial charge in [-0.3, -0.25) is 0 Å². The number of nitrogens with one attached hydrogen (secondary N) is 1. The van der Waals surface area contributed by atoms with Gasteiger partial charge in [0.15, 0.2) is 0 Å². The SMILES string of the molecule is Cc1cccc(Nc2cc(Cl)nc(C(F)(F)F)n2)c1C. The van der Waals surface area contributed by atoms with Crippen LogP contribution in [0.2, 0.25) is 5.15 Å². The lowest BCUT2D eigenvalue weighted by atomic mass is 10.1. The molecule has 7 heteroatoms. The number of alkyl halides is 3. The predicted molar refractivity (Wildman–Crippen MR) is 71.2 cm³/mol. The molecule has 0 saturated heterocycles. The number of hydrogen-bond acceptors (Lipinski definition) is 3. The second kappa shape index (κ2) is 5.28. The van der Waals surface area contributed by atoms with Crippen LogP contribution in [0.5, 0.6) is 0 Å². The first kappa shape index (κ1) is 14.6. The van der Waals surface area contributed by atoms with Gasteiger partial charge in [-0.25, -0.2) is 9.97 Å². The van der Waals surface area contributed by atoms with Crippen molar-refractivity contribution in [2.24, 2.45) is 0 Å². The van der Waals surface area contributed by atoms with Gasteiger partial charge in [0.2, 0.25) is 5.82 Å². The van der Waals surface area contributed by atoms with Crippen LogP contribution >= 0.6 is 11.6 Å². The summed E-state index contributed by atoms with van der Waals surface area (Å²) in [6, 6.07) is 6.72. The fraction of sp³-hybridized carbons (Fsp3) is 0.231. The Morgan fingerprint density at radius 3 is 2.50 bits per heavy atom. The van der Waals surface area contributed by atoms with E-state index in [4.69, 9.17) is 11.6 Å². The summed E-state index contributed by atoms with van der Waals surface area (Å²) in [5, 5.41) is 2.57. The number of benzene rings is 1. The van der Waals surface area contributed by atoms with Gasteiger partial charge in [0.1, 0.15) is 11.0 Å². The minimum Gasteiger partial charge on any atom is -0.340 e. The van der Waals surface area contributed by atoms with Crippen molar-refractivity contribution in [3.63, 3.8) is 0 Å². The Morgan fingerprint density at radius 1 is 1.15 bits per heavy atom. The van der Waals surface area contributed by atoms with E-state index in [0.29, 0.717) is 5.69 Å². The van der Waals surface area contributed by atoms with Gasteiger partial charge >= 0.3 is 6.18 Å². The van der Waals surface area contributed by atoms with Gasteiger partial charge in [-0.1, -0.05) is 23.7 Å². The topological polar surface area (TPSA) is 37.8 Å². The van der Waals surface area contributed by atoms with E-state index in [1.807, 2.05) is 19.9 Å². The van der Waals surface area contributed by atoms with Gasteiger partial charge in [0.05, 0.1) is 0 Å². The zero-order valence-corrected chi connectivity index (χ0v) is 11.5. The van der Waals surface area contributed by atoms with Crippen LogP contribution in [0.25, 0.3) is 0 Å². The van der Waals surface area contributed by atoms with E-state index in [-0.39, 0.29) is 11.0 Å². The Morgan fingerprint density at radius 2 is 1.85 bits per heavy atom. The van der Waals surface area contributed by atoms with Gasteiger partial charge in [-0.15, -0.1) is 0 Å². The first-order valence-corrected chi connectivity index (χ1v) is 6.10. The Kier molecular flexibility index (Phi) is 3.85. The number of aromatic nitrogens is 2. The van der Waals surface area contributed by atoms with Crippen LogP contribution in [0.15, 0.2) is 24.3 Å². The molecule has 0 aliphatic carbocycles. The summed E-state index contributed by atoms with van der Waals surface area (Å²) in [7, 11) is 0. The summed E-state index contributed by atoms with van der Waals surface area (Å²) in [6.45, 7) is 3.78. The second-order valence-electron chi connectivity index (χ2n) is 4.27. The number of anilines is 2. The van der Waals surface area contributed by atoms with E-state index in [9.17, 15) is 13.2 Å². The summed E-state index contributed by atoms with van der Waals surface area (Å²) in [5.74, 6) is -1.26. The Labute approximate surface area is 118 Å². The van der Waals surface area contributed by atoms with Gasteiger partial charge in [0.25, 0.3) is 0 Å². The molecule has 0 amide bonds. The third-order valence-corrected chi connectivity index (χ3v) is 3.01. The normalized spacial score (nSPS) is 11.5. The molecule has 0 fully saturated rings. The standard InChI is InChI=1S/C13H11ClF3N3/c1-7-4-3-5-9(8(7)2)18-11-6-10(14)19-12(20-11)13(15,16)17/h3-6H,1-2H3,(H,18,19,20). The van der Waals surface area contributed by atoms with Crippen LogP contribution in [-0.4, -0.2) is 9.97 Å². The minimum atomic E-state index is -4.64. The summed E-state index contributed by atoms with van der Waals surface area (Å²) in [4.78, 5) is 6.62. The second-order valence-corrected chi connectivity index (χ2v) is 4.66. The molecular weight excluding hydrogens is 291 g/mol. The van der Waals surface area contributed by atoms with Crippen molar-refractivity contribution in [2.75, 3.05) is 5.32 Å². The van der Waals surface area contributed by atoms with Crippen molar-refractivity contribution in [1.29, 1.82) is 0 Å². The summed E-state index contributed by atoms with van der Waals surface area (Å²) in [5.41, 5.74) is 2.62. The van der Waals surface area contributed by atoms with Crippen molar-refractivity contribution < 1.29 is 13.2 Å². The maximum Gasteiger partial charge on any atom is 0.451 e. The van der Waals surface area contributed by atoms with E-state index in [0.717, 1.165) is 11.1 Å². The number of aryl methyl sites for hydroxylation is 1. The molecule has 0 aliphatic heterocycles. The number of halogens is 4. The van der Waals surface area contributed by atoms with Crippen LogP contribution < -0.4 is 5.32 Å². The molecule has 1 heterocycles. The number of hydrogen-bond donors (Lipinski definition) is 1. The molecule has 0 aliphatic rings. The Bertz CT molecular complexity index is 641. The van der Waals surface area contributed by atoms with Crippen LogP contribution in [0.4, 0.5) is 24.7 Å². The van der Waals surface area contributed by atoms with Crippen LogP contribution in [0.3, 0.4) is 0 Å². The molecule has 0 bridgehead atoms. The van der Waals surface area contributed by atoms with Crippen LogP contribution in [0.1, 0.15) is 17.0 Å². The molecule has 1 aromatic carbocycles. The van der Waals surface area contributed by atoms with Gasteiger partial charge in [-0.05, 0) is 31.0 Å². The molecule has 106 valence electrons. The Hall–Kier alpha value is -1.82. The molecule has 1 aromatic heterocycles. The highest BCUT2D eigenvalue weighted by atomic mass is 35.5. The van der Waals surface area contributed by atoms with Crippen LogP contribution in [-0.2, 0) is 6.18 Å². The van der Waals surface area contributed by atoms with E-state index in [2.05, 4.69) is 15.3 Å². The fourth-order valence-corrected chi connectivity index (χ4v) is 1.82. The molecule has 0 spiro atoms. The smallest absolute Gasteiger partial charge is 0.340 e. The fourth-order valence-electron chi connectivity index (χ4n) is 1.63. The summed E-state index contributed by atoms with van der Waals surface area (Å²) >= 11 is 5.60. The molecular formula is C13H11ClF3N3. The molecule has 2 aromatic rings. The maximum absolute atomic E-state index is 12.6. The molecule has 1 N–H and O–H groups in total. The zero-order chi connectivity index (χ0) is 14.9. The van der Waals surface area contributed by atoms with Crippen molar-refractivity contribution in [3.05, 3.63) is 46.4 Å². The first-order chi connectivity index (χ1) is 9.27. The first-order valence-electron chi connectivity index (χ1n) is 5.72. The number of nitrogens with zero attached hydrogens (tertiary/aromatic N) is 2. The molecule has 2 rings (SSSR count). The van der Waals surface area contributed by atoms with E-state index >= 15 is 0 Å². The molecule has 0 atom stereocenters. The molecule has 0 saturated carbocycles. The van der Waals surface area contributed by atoms with Crippen molar-refractivity contribution in [2.45, 2.75) is 20.0 Å². The van der Waals surface area contributed by atoms with Gasteiger partial charge in [0, 0.05) is 11.8 Å². The molecule has 20 heavy (non-hydrogen) atoms. The van der Waals surface area contributed by atoms with E-state index < -0.39 is 12.0 Å².